The van der Waals surface area contributed by atoms with Gasteiger partial charge in [0.2, 0.25) is 5.43 Å². The Morgan fingerprint density at radius 3 is 2.81 bits per heavy atom. The van der Waals surface area contributed by atoms with E-state index in [1.165, 1.54) is 6.20 Å². The van der Waals surface area contributed by atoms with Gasteiger partial charge in [-0.2, -0.15) is 0 Å². The number of hydrogen-bond acceptors (Lipinski definition) is 5. The molecule has 0 saturated carbocycles. The van der Waals surface area contributed by atoms with E-state index in [1.54, 1.807) is 25.1 Å². The molecule has 1 aliphatic heterocycles. The number of aryl methyl sites for hydroxylation is 1. The maximum absolute atomic E-state index is 12.8. The van der Waals surface area contributed by atoms with Gasteiger partial charge in [0.05, 0.1) is 12.1 Å². The molecule has 2 heterocycles. The van der Waals surface area contributed by atoms with E-state index in [4.69, 9.17) is 9.47 Å². The van der Waals surface area contributed by atoms with Crippen LogP contribution in [0.5, 0.6) is 0 Å². The second-order valence-corrected chi connectivity index (χ2v) is 6.10. The lowest BCUT2D eigenvalue weighted by molar-refractivity contribution is -0.124. The lowest BCUT2D eigenvalue weighted by atomic mass is 10.1. The normalized spacial score (nSPS) is 16.6. The topological polar surface area (TPSA) is 86.6 Å². The number of benzene rings is 1. The average molecular weight is 358 g/mol. The van der Waals surface area contributed by atoms with Crippen LogP contribution < -0.4 is 10.7 Å². The summed E-state index contributed by atoms with van der Waals surface area (Å²) in [6.45, 7) is 4.98. The molecule has 7 nitrogen and oxygen atoms in total. The van der Waals surface area contributed by atoms with Gasteiger partial charge in [0.15, 0.2) is 0 Å². The lowest BCUT2D eigenvalue weighted by Gasteiger charge is -2.14. The van der Waals surface area contributed by atoms with Gasteiger partial charge in [0.1, 0.15) is 11.7 Å². The van der Waals surface area contributed by atoms with Gasteiger partial charge in [-0.05, 0) is 44.9 Å². The summed E-state index contributed by atoms with van der Waals surface area (Å²) in [5.74, 6) is -0.866. The first-order valence-corrected chi connectivity index (χ1v) is 8.82. The van der Waals surface area contributed by atoms with Crippen LogP contribution in [0.25, 0.3) is 10.9 Å². The maximum Gasteiger partial charge on any atom is 0.343 e. The molecule has 1 amide bonds. The van der Waals surface area contributed by atoms with Crippen molar-refractivity contribution in [1.82, 2.24) is 4.57 Å². The van der Waals surface area contributed by atoms with Crippen LogP contribution in [0.3, 0.4) is 0 Å². The van der Waals surface area contributed by atoms with E-state index >= 15 is 0 Å². The van der Waals surface area contributed by atoms with Gasteiger partial charge < -0.3 is 19.4 Å². The van der Waals surface area contributed by atoms with E-state index in [0.717, 1.165) is 6.42 Å². The van der Waals surface area contributed by atoms with Gasteiger partial charge in [0, 0.05) is 30.4 Å². The fourth-order valence-electron chi connectivity index (χ4n) is 3.10. The van der Waals surface area contributed by atoms with Gasteiger partial charge in [-0.3, -0.25) is 9.59 Å². The Morgan fingerprint density at radius 1 is 1.35 bits per heavy atom. The minimum atomic E-state index is -0.643. The first-order chi connectivity index (χ1) is 12.5. The van der Waals surface area contributed by atoms with Crippen molar-refractivity contribution in [2.45, 2.75) is 39.3 Å². The van der Waals surface area contributed by atoms with Crippen LogP contribution >= 0.6 is 0 Å². The molecular weight excluding hydrogens is 336 g/mol. The third kappa shape index (κ3) is 3.48. The molecule has 0 aliphatic carbocycles. The first-order valence-electron chi connectivity index (χ1n) is 8.82. The molecule has 1 aromatic carbocycles. The Kier molecular flexibility index (Phi) is 5.37. The molecule has 2 aromatic rings. The number of esters is 1. The number of carbonyl (C=O) groups excluding carboxylic acids is 2. The Balaban J connectivity index is 2.01. The summed E-state index contributed by atoms with van der Waals surface area (Å²) in [5, 5.41) is 3.15. The Bertz CT molecular complexity index is 897. The summed E-state index contributed by atoms with van der Waals surface area (Å²) in [6, 6.07) is 5.10. The summed E-state index contributed by atoms with van der Waals surface area (Å²) >= 11 is 0. The third-order valence-corrected chi connectivity index (χ3v) is 4.41. The number of amides is 1. The van der Waals surface area contributed by atoms with E-state index < -0.39 is 17.5 Å². The molecule has 138 valence electrons. The number of pyridine rings is 1. The minimum absolute atomic E-state index is 0.0104. The smallest absolute Gasteiger partial charge is 0.343 e. The SMILES string of the molecule is CCOC(=O)c1cn(CC)c2ccc(NC(=O)C3CCCO3)cc2c1=O. The van der Waals surface area contributed by atoms with Gasteiger partial charge in [-0.25, -0.2) is 4.79 Å². The second kappa shape index (κ2) is 7.70. The molecule has 1 unspecified atom stereocenters. The predicted molar refractivity (Wildman–Crippen MR) is 97.4 cm³/mol. The van der Waals surface area contributed by atoms with Crippen LogP contribution in [0.2, 0.25) is 0 Å². The van der Waals surface area contributed by atoms with Crippen molar-refractivity contribution in [3.8, 4) is 0 Å². The largest absolute Gasteiger partial charge is 0.462 e. The van der Waals surface area contributed by atoms with Crippen LogP contribution in [-0.2, 0) is 20.8 Å². The van der Waals surface area contributed by atoms with Crippen molar-refractivity contribution in [2.75, 3.05) is 18.5 Å². The summed E-state index contributed by atoms with van der Waals surface area (Å²) in [7, 11) is 0. The molecule has 3 rings (SSSR count). The minimum Gasteiger partial charge on any atom is -0.462 e. The van der Waals surface area contributed by atoms with Gasteiger partial charge in [-0.15, -0.1) is 0 Å². The van der Waals surface area contributed by atoms with Crippen molar-refractivity contribution < 1.29 is 19.1 Å². The molecular formula is C19H22N2O5. The van der Waals surface area contributed by atoms with E-state index in [9.17, 15) is 14.4 Å². The van der Waals surface area contributed by atoms with Crippen LogP contribution in [-0.4, -0.2) is 35.8 Å². The number of aromatic nitrogens is 1. The number of fused-ring (bicyclic) bond motifs is 1. The van der Waals surface area contributed by atoms with Crippen molar-refractivity contribution in [3.63, 3.8) is 0 Å². The molecule has 1 saturated heterocycles. The van der Waals surface area contributed by atoms with Gasteiger partial charge >= 0.3 is 5.97 Å². The zero-order chi connectivity index (χ0) is 18.7. The number of anilines is 1. The quantitative estimate of drug-likeness (QED) is 0.829. The summed E-state index contributed by atoms with van der Waals surface area (Å²) in [6.07, 6.45) is 2.62. The predicted octanol–water partition coefficient (Wildman–Crippen LogP) is 2.32. The highest BCUT2D eigenvalue weighted by molar-refractivity contribution is 5.98. The number of rotatable bonds is 5. The van der Waals surface area contributed by atoms with E-state index in [1.807, 2.05) is 11.5 Å². The highest BCUT2D eigenvalue weighted by atomic mass is 16.5. The second-order valence-electron chi connectivity index (χ2n) is 6.10. The molecule has 1 aliphatic rings. The number of ether oxygens (including phenoxy) is 2. The van der Waals surface area contributed by atoms with Crippen LogP contribution in [0, 0.1) is 0 Å². The van der Waals surface area contributed by atoms with Crippen LogP contribution in [0.1, 0.15) is 37.0 Å². The van der Waals surface area contributed by atoms with E-state index in [-0.39, 0.29) is 18.1 Å². The average Bonchev–Trinajstić information content (AvgIpc) is 3.17. The first kappa shape index (κ1) is 18.1. The molecule has 0 spiro atoms. The summed E-state index contributed by atoms with van der Waals surface area (Å²) < 4.78 is 12.2. The molecule has 1 N–H and O–H groups in total. The number of nitrogens with one attached hydrogen (secondary N) is 1. The van der Waals surface area contributed by atoms with Gasteiger partial charge in [-0.1, -0.05) is 0 Å². The maximum atomic E-state index is 12.8. The van der Waals surface area contributed by atoms with Crippen molar-refractivity contribution >= 4 is 28.5 Å². The molecule has 0 radical (unpaired) electrons. The summed E-state index contributed by atoms with van der Waals surface area (Å²) in [4.78, 5) is 37.1. The zero-order valence-electron chi connectivity index (χ0n) is 14.9. The molecule has 1 aromatic heterocycles. The fourth-order valence-corrected chi connectivity index (χ4v) is 3.10. The fraction of sp³-hybridized carbons (Fsp3) is 0.421. The van der Waals surface area contributed by atoms with Crippen molar-refractivity contribution in [3.05, 3.63) is 40.2 Å². The Labute approximate surface area is 150 Å². The molecule has 1 atom stereocenters. The highest BCUT2D eigenvalue weighted by Crippen LogP contribution is 2.20. The third-order valence-electron chi connectivity index (χ3n) is 4.41. The van der Waals surface area contributed by atoms with Crippen molar-refractivity contribution in [1.29, 1.82) is 0 Å². The highest BCUT2D eigenvalue weighted by Gasteiger charge is 2.24. The number of nitrogens with zero attached hydrogens (tertiary/aromatic N) is 1. The van der Waals surface area contributed by atoms with Crippen LogP contribution in [0.15, 0.2) is 29.2 Å². The Morgan fingerprint density at radius 2 is 2.15 bits per heavy atom. The van der Waals surface area contributed by atoms with E-state index in [0.29, 0.717) is 36.2 Å². The molecule has 26 heavy (non-hydrogen) atoms. The molecule has 0 bridgehead atoms. The monoisotopic (exact) mass is 358 g/mol. The van der Waals surface area contributed by atoms with Crippen LogP contribution in [0.4, 0.5) is 5.69 Å². The lowest BCUT2D eigenvalue weighted by Crippen LogP contribution is -2.27. The Hall–Kier alpha value is -2.67. The molecule has 7 heteroatoms. The van der Waals surface area contributed by atoms with Crippen molar-refractivity contribution in [2.24, 2.45) is 0 Å². The van der Waals surface area contributed by atoms with E-state index in [2.05, 4.69) is 5.32 Å². The molecule has 1 fully saturated rings. The standard InChI is InChI=1S/C19H22N2O5/c1-3-21-11-14(19(24)25-4-2)17(22)13-10-12(7-8-15(13)21)20-18(23)16-6-5-9-26-16/h7-8,10-11,16H,3-6,9H2,1-2H3,(H,20,23). The number of hydrogen-bond donors (Lipinski definition) is 1. The van der Waals surface area contributed by atoms with Gasteiger partial charge in [0.25, 0.3) is 5.91 Å². The number of carbonyl (C=O) groups is 2. The zero-order valence-corrected chi connectivity index (χ0v) is 14.9. The summed E-state index contributed by atoms with van der Waals surface area (Å²) in [5.41, 5.74) is 0.777.